The van der Waals surface area contributed by atoms with Crippen LogP contribution in [0.3, 0.4) is 0 Å². The first-order chi connectivity index (χ1) is 6.03. The number of likely N-dealkylation sites (tertiary alicyclic amines) is 1. The predicted molar refractivity (Wildman–Crippen MR) is 45.4 cm³/mol. The van der Waals surface area contributed by atoms with E-state index in [2.05, 4.69) is 0 Å². The van der Waals surface area contributed by atoms with Crippen molar-refractivity contribution in [1.29, 1.82) is 0 Å². The second-order valence-corrected chi connectivity index (χ2v) is 3.54. The first-order valence-electron chi connectivity index (χ1n) is 4.59. The van der Waals surface area contributed by atoms with E-state index in [0.717, 1.165) is 12.8 Å². The van der Waals surface area contributed by atoms with Crippen molar-refractivity contribution in [3.63, 3.8) is 0 Å². The maximum absolute atomic E-state index is 12.1. The molecule has 0 saturated carbocycles. The fourth-order valence-corrected chi connectivity index (χ4v) is 1.77. The standard InChI is InChI=1S/C7H14BF3NO.K/c9-8(10,11)6-12-4-2-1-3-7(12)5-13;/h7,13H,1-6H2;/q-1;+1. The summed E-state index contributed by atoms with van der Waals surface area (Å²) in [5.41, 5.74) is 0. The average Bonchev–Trinajstić information content (AvgIpc) is 2.02. The SMILES string of the molecule is OCC1CCCCN1C[B-](F)(F)F.[K+]. The maximum Gasteiger partial charge on any atom is 1.00 e. The van der Waals surface area contributed by atoms with Crippen molar-refractivity contribution in [2.45, 2.75) is 25.3 Å². The van der Waals surface area contributed by atoms with Gasteiger partial charge in [0.1, 0.15) is 0 Å². The minimum atomic E-state index is -4.75. The first kappa shape index (κ1) is 15.4. The average molecular weight is 235 g/mol. The van der Waals surface area contributed by atoms with Gasteiger partial charge in [-0.15, -0.1) is 0 Å². The van der Waals surface area contributed by atoms with Crippen LogP contribution in [0, 0.1) is 0 Å². The summed E-state index contributed by atoms with van der Waals surface area (Å²) in [6.45, 7) is -4.45. The van der Waals surface area contributed by atoms with E-state index in [0.29, 0.717) is 13.0 Å². The normalized spacial score (nSPS) is 24.4. The Kier molecular flexibility index (Phi) is 7.57. The van der Waals surface area contributed by atoms with Crippen molar-refractivity contribution in [1.82, 2.24) is 4.90 Å². The zero-order valence-electron chi connectivity index (χ0n) is 8.43. The third-order valence-electron chi connectivity index (χ3n) is 2.40. The van der Waals surface area contributed by atoms with Gasteiger partial charge in [0.2, 0.25) is 0 Å². The van der Waals surface area contributed by atoms with Gasteiger partial charge < -0.3 is 23.0 Å². The van der Waals surface area contributed by atoms with Crippen molar-refractivity contribution in [2.75, 3.05) is 19.6 Å². The van der Waals surface area contributed by atoms with Gasteiger partial charge in [0.15, 0.2) is 0 Å². The van der Waals surface area contributed by atoms with Crippen LogP contribution in [0.5, 0.6) is 0 Å². The molecule has 1 atom stereocenters. The third kappa shape index (κ3) is 5.48. The minimum absolute atomic E-state index is 0. The van der Waals surface area contributed by atoms with Crippen molar-refractivity contribution in [3.8, 4) is 0 Å². The number of hydrogen-bond acceptors (Lipinski definition) is 2. The van der Waals surface area contributed by atoms with E-state index in [4.69, 9.17) is 5.11 Å². The molecule has 1 fully saturated rings. The topological polar surface area (TPSA) is 23.5 Å². The van der Waals surface area contributed by atoms with E-state index in [-0.39, 0.29) is 64.0 Å². The summed E-state index contributed by atoms with van der Waals surface area (Å²) in [5, 5.41) is 8.86. The quantitative estimate of drug-likeness (QED) is 0.585. The van der Waals surface area contributed by atoms with E-state index in [1.165, 1.54) is 4.90 Å². The summed E-state index contributed by atoms with van der Waals surface area (Å²) < 4.78 is 36.3. The van der Waals surface area contributed by atoms with Gasteiger partial charge in [-0.05, 0) is 25.8 Å². The van der Waals surface area contributed by atoms with Gasteiger partial charge in [0.05, 0.1) is 6.61 Å². The van der Waals surface area contributed by atoms with Crippen molar-refractivity contribution in [3.05, 3.63) is 0 Å². The van der Waals surface area contributed by atoms with Crippen LogP contribution >= 0.6 is 0 Å². The molecule has 1 saturated heterocycles. The van der Waals surface area contributed by atoms with Crippen LogP contribution in [0.25, 0.3) is 0 Å². The van der Waals surface area contributed by atoms with Gasteiger partial charge in [0, 0.05) is 6.04 Å². The van der Waals surface area contributed by atoms with Gasteiger partial charge in [-0.1, -0.05) is 6.42 Å². The Labute approximate surface area is 125 Å². The smallest absolute Gasteiger partial charge is 0.448 e. The molecule has 0 radical (unpaired) electrons. The minimum Gasteiger partial charge on any atom is -0.448 e. The van der Waals surface area contributed by atoms with Gasteiger partial charge in [0.25, 0.3) is 0 Å². The van der Waals surface area contributed by atoms with E-state index in [1.807, 2.05) is 0 Å². The molecular formula is C7H14BF3KNO. The zero-order valence-corrected chi connectivity index (χ0v) is 11.5. The maximum atomic E-state index is 12.1. The molecule has 0 aromatic heterocycles. The first-order valence-corrected chi connectivity index (χ1v) is 4.59. The van der Waals surface area contributed by atoms with Crippen LogP contribution < -0.4 is 51.4 Å². The van der Waals surface area contributed by atoms with Gasteiger partial charge >= 0.3 is 58.4 Å². The summed E-state index contributed by atoms with van der Waals surface area (Å²) in [7, 11) is 0. The number of aliphatic hydroxyl groups is 1. The van der Waals surface area contributed by atoms with E-state index < -0.39 is 13.4 Å². The van der Waals surface area contributed by atoms with Crippen LogP contribution in [0.1, 0.15) is 19.3 Å². The van der Waals surface area contributed by atoms with Crippen molar-refractivity contribution in [2.24, 2.45) is 0 Å². The molecule has 0 spiro atoms. The number of halogens is 3. The molecule has 78 valence electrons. The van der Waals surface area contributed by atoms with E-state index >= 15 is 0 Å². The predicted octanol–water partition coefficient (Wildman–Crippen LogP) is -1.78. The summed E-state index contributed by atoms with van der Waals surface area (Å²) >= 11 is 0. The Hall–Kier alpha value is 1.41. The fourth-order valence-electron chi connectivity index (χ4n) is 1.77. The Balaban J connectivity index is 0.00000169. The molecule has 1 aliphatic heterocycles. The van der Waals surface area contributed by atoms with Crippen LogP contribution in [0.15, 0.2) is 0 Å². The molecule has 0 bridgehead atoms. The van der Waals surface area contributed by atoms with Crippen LogP contribution in [-0.2, 0) is 0 Å². The van der Waals surface area contributed by atoms with Gasteiger partial charge in [-0.3, -0.25) is 0 Å². The van der Waals surface area contributed by atoms with Gasteiger partial charge in [-0.25, -0.2) is 0 Å². The molecule has 0 aromatic carbocycles. The molecule has 1 heterocycles. The number of piperidine rings is 1. The molecule has 1 N–H and O–H groups in total. The molecule has 0 aromatic rings. The molecule has 7 heteroatoms. The molecule has 2 nitrogen and oxygen atoms in total. The molecular weight excluding hydrogens is 221 g/mol. The molecule has 1 unspecified atom stereocenters. The summed E-state index contributed by atoms with van der Waals surface area (Å²) in [4.78, 5) is 1.35. The molecule has 14 heavy (non-hydrogen) atoms. The van der Waals surface area contributed by atoms with Crippen molar-refractivity contribution < 1.29 is 69.4 Å². The van der Waals surface area contributed by atoms with Crippen LogP contribution in [0.2, 0.25) is 0 Å². The number of nitrogens with zero attached hydrogens (tertiary/aromatic N) is 1. The molecule has 1 rings (SSSR count). The Morgan fingerprint density at radius 3 is 2.43 bits per heavy atom. The monoisotopic (exact) mass is 235 g/mol. The summed E-state index contributed by atoms with van der Waals surface area (Å²) in [6.07, 6.45) is 1.59. The summed E-state index contributed by atoms with van der Waals surface area (Å²) in [5.74, 6) is 0. The van der Waals surface area contributed by atoms with Crippen LogP contribution in [-0.4, -0.2) is 42.6 Å². The molecule has 1 aliphatic rings. The largest absolute Gasteiger partial charge is 1.00 e. The third-order valence-corrected chi connectivity index (χ3v) is 2.40. The van der Waals surface area contributed by atoms with Crippen molar-refractivity contribution >= 4 is 6.98 Å². The Morgan fingerprint density at radius 2 is 1.93 bits per heavy atom. The number of rotatable bonds is 3. The second kappa shape index (κ2) is 6.88. The number of hydrogen-bond donors (Lipinski definition) is 1. The van der Waals surface area contributed by atoms with Gasteiger partial charge in [-0.2, -0.15) is 0 Å². The molecule has 0 aliphatic carbocycles. The Bertz CT molecular complexity index is 170. The molecule has 0 amide bonds. The van der Waals surface area contributed by atoms with Crippen LogP contribution in [0.4, 0.5) is 12.9 Å². The van der Waals surface area contributed by atoms with E-state index in [9.17, 15) is 12.9 Å². The number of aliphatic hydroxyl groups excluding tert-OH is 1. The zero-order chi connectivity index (χ0) is 9.90. The second-order valence-electron chi connectivity index (χ2n) is 3.54. The summed E-state index contributed by atoms with van der Waals surface area (Å²) in [6, 6.07) is -0.280. The Morgan fingerprint density at radius 1 is 1.29 bits per heavy atom. The fraction of sp³-hybridized carbons (Fsp3) is 1.00. The van der Waals surface area contributed by atoms with E-state index in [1.54, 1.807) is 0 Å².